The van der Waals surface area contributed by atoms with Crippen LogP contribution in [0.15, 0.2) is 18.2 Å². The maximum Gasteiger partial charge on any atom is 0.251 e. The third-order valence-electron chi connectivity index (χ3n) is 3.55. The van der Waals surface area contributed by atoms with Gasteiger partial charge in [-0.15, -0.1) is 0 Å². The number of rotatable bonds is 8. The topological polar surface area (TPSA) is 53.6 Å². The molecule has 1 aromatic carbocycles. The van der Waals surface area contributed by atoms with E-state index in [1.807, 2.05) is 27.0 Å². The summed E-state index contributed by atoms with van der Waals surface area (Å²) in [5.41, 5.74) is 1.41. The molecule has 0 fully saturated rings. The third kappa shape index (κ3) is 6.51. The van der Waals surface area contributed by atoms with E-state index in [9.17, 15) is 4.79 Å². The monoisotopic (exact) mass is 331 g/mol. The fraction of sp³-hybridized carbons (Fsp3) is 0.526. The molecule has 0 aliphatic carbocycles. The van der Waals surface area contributed by atoms with Crippen molar-refractivity contribution in [1.82, 2.24) is 10.2 Å². The summed E-state index contributed by atoms with van der Waals surface area (Å²) in [5.74, 6) is 6.66. The zero-order chi connectivity index (χ0) is 17.9. The Morgan fingerprint density at radius 3 is 2.54 bits per heavy atom. The molecule has 2 N–H and O–H groups in total. The van der Waals surface area contributed by atoms with E-state index in [1.54, 1.807) is 12.1 Å². The van der Waals surface area contributed by atoms with Gasteiger partial charge >= 0.3 is 0 Å². The van der Waals surface area contributed by atoms with Crippen molar-refractivity contribution in [2.75, 3.05) is 38.6 Å². The van der Waals surface area contributed by atoms with Crippen molar-refractivity contribution in [3.05, 3.63) is 23.8 Å². The zero-order valence-electron chi connectivity index (χ0n) is 15.4. The van der Waals surface area contributed by atoms with Crippen molar-refractivity contribution in [2.45, 2.75) is 33.7 Å². The van der Waals surface area contributed by atoms with Gasteiger partial charge in [0.05, 0.1) is 12.2 Å². The molecule has 0 bridgehead atoms. The highest BCUT2D eigenvalue weighted by Crippen LogP contribution is 2.25. The second-order valence-corrected chi connectivity index (χ2v) is 5.69. The quantitative estimate of drug-likeness (QED) is 0.719. The summed E-state index contributed by atoms with van der Waals surface area (Å²) in [6, 6.07) is 5.46. The second kappa shape index (κ2) is 10.6. The Labute approximate surface area is 145 Å². The highest BCUT2D eigenvalue weighted by Gasteiger charge is 2.10. The first-order chi connectivity index (χ1) is 11.5. The SMILES string of the molecule is CCN(CC)CC#CCOc1cc(C(=O)NC(C)C)ccc1NC. The molecule has 132 valence electrons. The van der Waals surface area contributed by atoms with Gasteiger partial charge in [-0.1, -0.05) is 25.7 Å². The van der Waals surface area contributed by atoms with Gasteiger partial charge < -0.3 is 15.4 Å². The van der Waals surface area contributed by atoms with Crippen LogP contribution in [-0.2, 0) is 0 Å². The van der Waals surface area contributed by atoms with Gasteiger partial charge in [0.25, 0.3) is 5.91 Å². The van der Waals surface area contributed by atoms with Gasteiger partial charge in [0.1, 0.15) is 12.4 Å². The number of carbonyl (C=O) groups is 1. The molecular weight excluding hydrogens is 302 g/mol. The maximum absolute atomic E-state index is 12.1. The lowest BCUT2D eigenvalue weighted by molar-refractivity contribution is 0.0942. The van der Waals surface area contributed by atoms with Crippen LogP contribution in [-0.4, -0.2) is 50.1 Å². The molecule has 0 radical (unpaired) electrons. The predicted octanol–water partition coefficient (Wildman–Crippen LogP) is 2.59. The molecule has 0 saturated carbocycles. The number of amides is 1. The summed E-state index contributed by atoms with van der Waals surface area (Å²) in [4.78, 5) is 14.3. The predicted molar refractivity (Wildman–Crippen MR) is 99.6 cm³/mol. The number of hydrogen-bond acceptors (Lipinski definition) is 4. The van der Waals surface area contributed by atoms with Crippen molar-refractivity contribution in [3.8, 4) is 17.6 Å². The van der Waals surface area contributed by atoms with Gasteiger partial charge in [-0.3, -0.25) is 9.69 Å². The Hall–Kier alpha value is -2.19. The standard InChI is InChI=1S/C19H29N3O2/c1-6-22(7-2)12-8-9-13-24-18-14-16(10-11-17(18)20-5)19(23)21-15(3)4/h10-11,14-15,20H,6-7,12-13H2,1-5H3,(H,21,23). The zero-order valence-corrected chi connectivity index (χ0v) is 15.4. The number of hydrogen-bond donors (Lipinski definition) is 2. The van der Waals surface area contributed by atoms with E-state index in [1.165, 1.54) is 0 Å². The number of ether oxygens (including phenoxy) is 1. The lowest BCUT2D eigenvalue weighted by Gasteiger charge is -2.14. The van der Waals surface area contributed by atoms with Crippen LogP contribution in [0.5, 0.6) is 5.75 Å². The molecule has 1 rings (SSSR count). The van der Waals surface area contributed by atoms with Gasteiger partial charge in [0, 0.05) is 18.7 Å². The van der Waals surface area contributed by atoms with Crippen molar-refractivity contribution in [3.63, 3.8) is 0 Å². The van der Waals surface area contributed by atoms with E-state index < -0.39 is 0 Å². The molecule has 0 unspecified atom stereocenters. The Bertz CT molecular complexity index is 584. The summed E-state index contributed by atoms with van der Waals surface area (Å²) in [6.07, 6.45) is 0. The lowest BCUT2D eigenvalue weighted by Crippen LogP contribution is -2.30. The largest absolute Gasteiger partial charge is 0.479 e. The molecule has 5 heteroatoms. The van der Waals surface area contributed by atoms with E-state index >= 15 is 0 Å². The lowest BCUT2D eigenvalue weighted by atomic mass is 10.1. The number of nitrogens with one attached hydrogen (secondary N) is 2. The van der Waals surface area contributed by atoms with E-state index in [0.717, 1.165) is 25.3 Å². The van der Waals surface area contributed by atoms with E-state index in [-0.39, 0.29) is 11.9 Å². The molecule has 0 saturated heterocycles. The summed E-state index contributed by atoms with van der Waals surface area (Å²) in [6.45, 7) is 11.1. The maximum atomic E-state index is 12.1. The molecule has 0 aromatic heterocycles. The minimum absolute atomic E-state index is 0.0942. The number of carbonyl (C=O) groups excluding carboxylic acids is 1. The fourth-order valence-electron chi connectivity index (χ4n) is 2.11. The first-order valence-corrected chi connectivity index (χ1v) is 8.45. The van der Waals surface area contributed by atoms with Gasteiger partial charge in [-0.2, -0.15) is 0 Å². The van der Waals surface area contributed by atoms with Crippen LogP contribution in [0.1, 0.15) is 38.1 Å². The van der Waals surface area contributed by atoms with E-state index in [0.29, 0.717) is 17.9 Å². The van der Waals surface area contributed by atoms with Crippen LogP contribution in [0.2, 0.25) is 0 Å². The minimum atomic E-state index is -0.106. The molecule has 0 aliphatic heterocycles. The molecule has 0 atom stereocenters. The van der Waals surface area contributed by atoms with Gasteiger partial charge in [-0.25, -0.2) is 0 Å². The first kappa shape index (κ1) is 19.9. The Balaban J connectivity index is 2.72. The first-order valence-electron chi connectivity index (χ1n) is 8.45. The van der Waals surface area contributed by atoms with Crippen molar-refractivity contribution in [2.24, 2.45) is 0 Å². The van der Waals surface area contributed by atoms with Gasteiger partial charge in [-0.05, 0) is 45.1 Å². The fourth-order valence-corrected chi connectivity index (χ4v) is 2.11. The average molecular weight is 331 g/mol. The number of nitrogens with zero attached hydrogens (tertiary/aromatic N) is 1. The van der Waals surface area contributed by atoms with Gasteiger partial charge in [0.15, 0.2) is 0 Å². The molecular formula is C19H29N3O2. The molecule has 24 heavy (non-hydrogen) atoms. The molecule has 1 amide bonds. The third-order valence-corrected chi connectivity index (χ3v) is 3.55. The smallest absolute Gasteiger partial charge is 0.251 e. The average Bonchev–Trinajstić information content (AvgIpc) is 2.57. The van der Waals surface area contributed by atoms with Crippen molar-refractivity contribution >= 4 is 11.6 Å². The van der Waals surface area contributed by atoms with Crippen LogP contribution >= 0.6 is 0 Å². The van der Waals surface area contributed by atoms with Crippen LogP contribution in [0.25, 0.3) is 0 Å². The van der Waals surface area contributed by atoms with Crippen LogP contribution in [0.3, 0.4) is 0 Å². The number of anilines is 1. The van der Waals surface area contributed by atoms with Crippen LogP contribution in [0, 0.1) is 11.8 Å². The summed E-state index contributed by atoms with van der Waals surface area (Å²) in [7, 11) is 1.82. The highest BCUT2D eigenvalue weighted by molar-refractivity contribution is 5.95. The van der Waals surface area contributed by atoms with E-state index in [4.69, 9.17) is 4.74 Å². The van der Waals surface area contributed by atoms with Gasteiger partial charge in [0.2, 0.25) is 0 Å². The molecule has 1 aromatic rings. The van der Waals surface area contributed by atoms with Crippen molar-refractivity contribution in [1.29, 1.82) is 0 Å². The summed E-state index contributed by atoms with van der Waals surface area (Å²) < 4.78 is 5.74. The Morgan fingerprint density at radius 1 is 1.25 bits per heavy atom. The Morgan fingerprint density at radius 2 is 1.96 bits per heavy atom. The minimum Gasteiger partial charge on any atom is -0.479 e. The number of benzene rings is 1. The van der Waals surface area contributed by atoms with Crippen LogP contribution in [0.4, 0.5) is 5.69 Å². The van der Waals surface area contributed by atoms with Crippen LogP contribution < -0.4 is 15.4 Å². The van der Waals surface area contributed by atoms with Crippen molar-refractivity contribution < 1.29 is 9.53 Å². The second-order valence-electron chi connectivity index (χ2n) is 5.69. The summed E-state index contributed by atoms with van der Waals surface area (Å²) in [5, 5.41) is 5.94. The molecule has 0 heterocycles. The normalized spacial score (nSPS) is 10.3. The van der Waals surface area contributed by atoms with E-state index in [2.05, 4.69) is 41.2 Å². The Kier molecular flexibility index (Phi) is 8.74. The highest BCUT2D eigenvalue weighted by atomic mass is 16.5. The molecule has 5 nitrogen and oxygen atoms in total. The molecule has 0 aliphatic rings. The molecule has 0 spiro atoms. The summed E-state index contributed by atoms with van der Waals surface area (Å²) >= 11 is 0.